The molecule has 1 N–H and O–H groups in total. The molecule has 0 fully saturated rings. The minimum Gasteiger partial charge on any atom is -0.391 e. The van der Waals surface area contributed by atoms with Gasteiger partial charge in [-0.3, -0.25) is 0 Å². The van der Waals surface area contributed by atoms with Crippen LogP contribution in [0.3, 0.4) is 0 Å². The van der Waals surface area contributed by atoms with Crippen molar-refractivity contribution in [3.63, 3.8) is 0 Å². The first-order valence-electron chi connectivity index (χ1n) is 5.91. The van der Waals surface area contributed by atoms with E-state index in [0.29, 0.717) is 13.2 Å². The Labute approximate surface area is 104 Å². The SMILES string of the molecule is C#C[C@H](C)[C@@H](O)[C@H](C)COCc1ccccc1. The standard InChI is InChI=1S/C15H20O2/c1-4-12(2)15(16)13(3)10-17-11-14-8-6-5-7-9-14/h1,5-9,12-13,15-16H,10-11H2,2-3H3/t12-,13+,15+/m0/s1. The molecule has 0 spiro atoms. The molecule has 3 atom stereocenters. The van der Waals surface area contributed by atoms with Gasteiger partial charge in [0.2, 0.25) is 0 Å². The van der Waals surface area contributed by atoms with E-state index in [2.05, 4.69) is 5.92 Å². The Morgan fingerprint density at radius 1 is 1.29 bits per heavy atom. The molecule has 0 saturated heterocycles. The molecule has 0 aliphatic heterocycles. The van der Waals surface area contributed by atoms with Crippen molar-refractivity contribution in [3.05, 3.63) is 35.9 Å². The van der Waals surface area contributed by atoms with Crippen LogP contribution in [0.5, 0.6) is 0 Å². The van der Waals surface area contributed by atoms with E-state index < -0.39 is 6.10 Å². The van der Waals surface area contributed by atoms with E-state index in [1.807, 2.05) is 44.2 Å². The largest absolute Gasteiger partial charge is 0.391 e. The van der Waals surface area contributed by atoms with E-state index in [0.717, 1.165) is 5.56 Å². The molecule has 92 valence electrons. The number of hydrogen-bond donors (Lipinski definition) is 1. The minimum absolute atomic E-state index is 0.0461. The molecule has 0 amide bonds. The van der Waals surface area contributed by atoms with Crippen molar-refractivity contribution in [3.8, 4) is 12.3 Å². The lowest BCUT2D eigenvalue weighted by Gasteiger charge is -2.21. The monoisotopic (exact) mass is 232 g/mol. The van der Waals surface area contributed by atoms with Gasteiger partial charge in [0.15, 0.2) is 0 Å². The molecule has 0 heterocycles. The van der Waals surface area contributed by atoms with Crippen molar-refractivity contribution in [1.29, 1.82) is 0 Å². The van der Waals surface area contributed by atoms with Crippen molar-refractivity contribution in [1.82, 2.24) is 0 Å². The van der Waals surface area contributed by atoms with Crippen LogP contribution in [-0.4, -0.2) is 17.8 Å². The van der Waals surface area contributed by atoms with Gasteiger partial charge in [-0.1, -0.05) is 37.3 Å². The van der Waals surface area contributed by atoms with Crippen LogP contribution in [0.15, 0.2) is 30.3 Å². The molecular weight excluding hydrogens is 212 g/mol. The maximum absolute atomic E-state index is 9.86. The summed E-state index contributed by atoms with van der Waals surface area (Å²) in [4.78, 5) is 0. The Kier molecular flexibility index (Phi) is 5.76. The van der Waals surface area contributed by atoms with E-state index in [1.165, 1.54) is 0 Å². The highest BCUT2D eigenvalue weighted by Crippen LogP contribution is 2.13. The summed E-state index contributed by atoms with van der Waals surface area (Å²) in [6.45, 7) is 4.88. The van der Waals surface area contributed by atoms with Gasteiger partial charge in [-0.2, -0.15) is 0 Å². The Hall–Kier alpha value is -1.30. The van der Waals surface area contributed by atoms with Crippen molar-refractivity contribution >= 4 is 0 Å². The molecule has 1 rings (SSSR count). The Balaban J connectivity index is 2.30. The Morgan fingerprint density at radius 2 is 1.94 bits per heavy atom. The molecule has 0 bridgehead atoms. The number of ether oxygens (including phenoxy) is 1. The maximum atomic E-state index is 9.86. The first-order chi connectivity index (χ1) is 8.15. The highest BCUT2D eigenvalue weighted by Gasteiger charge is 2.19. The third-order valence-corrected chi connectivity index (χ3v) is 2.85. The Bertz CT molecular complexity index is 353. The van der Waals surface area contributed by atoms with Gasteiger partial charge in [-0.25, -0.2) is 0 Å². The van der Waals surface area contributed by atoms with Gasteiger partial charge < -0.3 is 9.84 Å². The third kappa shape index (κ3) is 4.60. The van der Waals surface area contributed by atoms with Gasteiger partial charge in [0.25, 0.3) is 0 Å². The first-order valence-corrected chi connectivity index (χ1v) is 5.91. The van der Waals surface area contributed by atoms with Gasteiger partial charge in [0.1, 0.15) is 0 Å². The van der Waals surface area contributed by atoms with E-state index in [9.17, 15) is 5.11 Å². The zero-order chi connectivity index (χ0) is 12.7. The van der Waals surface area contributed by atoms with Crippen molar-refractivity contribution < 1.29 is 9.84 Å². The number of rotatable bonds is 6. The molecule has 0 aliphatic carbocycles. The van der Waals surface area contributed by atoms with Gasteiger partial charge in [-0.05, 0) is 12.5 Å². The van der Waals surface area contributed by atoms with Crippen LogP contribution in [-0.2, 0) is 11.3 Å². The molecule has 2 nitrogen and oxygen atoms in total. The highest BCUT2D eigenvalue weighted by atomic mass is 16.5. The molecule has 0 saturated carbocycles. The summed E-state index contributed by atoms with van der Waals surface area (Å²) in [7, 11) is 0. The average Bonchev–Trinajstić information content (AvgIpc) is 2.38. The number of terminal acetylenes is 1. The topological polar surface area (TPSA) is 29.5 Å². The van der Waals surface area contributed by atoms with Crippen molar-refractivity contribution in [2.24, 2.45) is 11.8 Å². The molecular formula is C15H20O2. The van der Waals surface area contributed by atoms with Crippen LogP contribution in [0.25, 0.3) is 0 Å². The lowest BCUT2D eigenvalue weighted by atomic mass is 9.95. The molecule has 0 aliphatic rings. The molecule has 0 radical (unpaired) electrons. The lowest BCUT2D eigenvalue weighted by Crippen LogP contribution is -2.28. The molecule has 17 heavy (non-hydrogen) atoms. The fourth-order valence-corrected chi connectivity index (χ4v) is 1.63. The van der Waals surface area contributed by atoms with Gasteiger partial charge >= 0.3 is 0 Å². The second kappa shape index (κ2) is 7.11. The van der Waals surface area contributed by atoms with E-state index >= 15 is 0 Å². The number of benzene rings is 1. The van der Waals surface area contributed by atoms with Crippen molar-refractivity contribution in [2.75, 3.05) is 6.61 Å². The van der Waals surface area contributed by atoms with E-state index in [-0.39, 0.29) is 11.8 Å². The zero-order valence-electron chi connectivity index (χ0n) is 10.5. The Morgan fingerprint density at radius 3 is 2.53 bits per heavy atom. The fourth-order valence-electron chi connectivity index (χ4n) is 1.63. The van der Waals surface area contributed by atoms with Crippen LogP contribution < -0.4 is 0 Å². The summed E-state index contributed by atoms with van der Waals surface area (Å²) in [5.74, 6) is 2.46. The zero-order valence-corrected chi connectivity index (χ0v) is 10.5. The predicted octanol–water partition coefficient (Wildman–Crippen LogP) is 2.47. The third-order valence-electron chi connectivity index (χ3n) is 2.85. The normalized spacial score (nSPS) is 15.9. The number of hydrogen-bond acceptors (Lipinski definition) is 2. The summed E-state index contributed by atoms with van der Waals surface area (Å²) in [6, 6.07) is 9.98. The summed E-state index contributed by atoms with van der Waals surface area (Å²) >= 11 is 0. The molecule has 0 aromatic heterocycles. The first kappa shape index (κ1) is 13.8. The van der Waals surface area contributed by atoms with Crippen LogP contribution in [0.2, 0.25) is 0 Å². The second-order valence-electron chi connectivity index (χ2n) is 4.42. The van der Waals surface area contributed by atoms with Gasteiger partial charge in [0, 0.05) is 11.8 Å². The van der Waals surface area contributed by atoms with Crippen LogP contribution in [0.4, 0.5) is 0 Å². The average molecular weight is 232 g/mol. The van der Waals surface area contributed by atoms with Gasteiger partial charge in [0.05, 0.1) is 19.3 Å². The fraction of sp³-hybridized carbons (Fsp3) is 0.467. The smallest absolute Gasteiger partial charge is 0.0722 e. The summed E-state index contributed by atoms with van der Waals surface area (Å²) in [5.41, 5.74) is 1.14. The maximum Gasteiger partial charge on any atom is 0.0722 e. The lowest BCUT2D eigenvalue weighted by molar-refractivity contribution is 0.0150. The molecule has 1 aromatic carbocycles. The number of aliphatic hydroxyl groups excluding tert-OH is 1. The summed E-state index contributed by atoms with van der Waals surface area (Å²) in [6.07, 6.45) is 4.78. The molecule has 2 heteroatoms. The molecule has 0 unspecified atom stereocenters. The van der Waals surface area contributed by atoms with E-state index in [1.54, 1.807) is 0 Å². The van der Waals surface area contributed by atoms with Crippen molar-refractivity contribution in [2.45, 2.75) is 26.6 Å². The van der Waals surface area contributed by atoms with Crippen LogP contribution in [0, 0.1) is 24.2 Å². The summed E-state index contributed by atoms with van der Waals surface area (Å²) < 4.78 is 5.57. The molecule has 1 aromatic rings. The van der Waals surface area contributed by atoms with Crippen LogP contribution in [0.1, 0.15) is 19.4 Å². The quantitative estimate of drug-likeness (QED) is 0.763. The second-order valence-corrected chi connectivity index (χ2v) is 4.42. The van der Waals surface area contributed by atoms with Gasteiger partial charge in [-0.15, -0.1) is 12.3 Å². The van der Waals surface area contributed by atoms with E-state index in [4.69, 9.17) is 11.2 Å². The predicted molar refractivity (Wildman–Crippen MR) is 69.3 cm³/mol. The summed E-state index contributed by atoms with van der Waals surface area (Å²) in [5, 5.41) is 9.86. The number of aliphatic hydroxyl groups is 1. The highest BCUT2D eigenvalue weighted by molar-refractivity contribution is 5.13. The van der Waals surface area contributed by atoms with Crippen LogP contribution >= 0.6 is 0 Å². The minimum atomic E-state index is -0.504.